The lowest BCUT2D eigenvalue weighted by molar-refractivity contribution is 1.03. The van der Waals surface area contributed by atoms with Crippen LogP contribution in [0.25, 0.3) is 96.7 Å². The number of hydrogen-bond donors (Lipinski definition) is 1. The molecular weight excluding hydrogens is 785 g/mol. The molecule has 1 unspecified atom stereocenters. The molecule has 0 saturated carbocycles. The van der Waals surface area contributed by atoms with E-state index in [1.54, 1.807) is 0 Å². The molecule has 63 heavy (non-hydrogen) atoms. The molecule has 1 atom stereocenters. The van der Waals surface area contributed by atoms with Crippen LogP contribution in [-0.2, 0) is 0 Å². The van der Waals surface area contributed by atoms with Gasteiger partial charge in [-0.1, -0.05) is 140 Å². The van der Waals surface area contributed by atoms with Gasteiger partial charge in [-0.2, -0.15) is 0 Å². The predicted molar refractivity (Wildman–Crippen MR) is 268 cm³/mol. The second-order valence-corrected chi connectivity index (χ2v) is 17.8. The Kier molecular flexibility index (Phi) is 7.30. The largest absolute Gasteiger partial charge is 0.371 e. The normalized spacial score (nSPS) is 14.1. The summed E-state index contributed by atoms with van der Waals surface area (Å²) in [6, 6.07) is 75.4. The summed E-state index contributed by atoms with van der Waals surface area (Å²) in [6.07, 6.45) is 0. The number of nitrogens with one attached hydrogen (secondary N) is 1. The minimum Gasteiger partial charge on any atom is -0.371 e. The van der Waals surface area contributed by atoms with E-state index in [2.05, 4.69) is 221 Å². The van der Waals surface area contributed by atoms with Gasteiger partial charge in [-0.3, -0.25) is 0 Å². The van der Waals surface area contributed by atoms with E-state index in [1.807, 2.05) is 11.3 Å². The number of hydrogen-bond acceptors (Lipinski definition) is 3. The summed E-state index contributed by atoms with van der Waals surface area (Å²) in [5.74, 6) is 0. The van der Waals surface area contributed by atoms with Gasteiger partial charge in [-0.15, -0.1) is 11.3 Å². The quantitative estimate of drug-likeness (QED) is 0.189. The molecule has 0 radical (unpaired) electrons. The van der Waals surface area contributed by atoms with Crippen LogP contribution in [0, 0.1) is 0 Å². The smallest absolute Gasteiger partial charge is 0.0953 e. The Morgan fingerprint density at radius 3 is 1.90 bits per heavy atom. The molecule has 0 aliphatic carbocycles. The molecule has 0 amide bonds. The van der Waals surface area contributed by atoms with E-state index >= 15 is 0 Å². The maximum absolute atomic E-state index is 5.43. The molecule has 294 valence electrons. The van der Waals surface area contributed by atoms with Crippen molar-refractivity contribution in [1.82, 2.24) is 9.13 Å². The molecule has 10 aromatic carbocycles. The maximum atomic E-state index is 5.43. The minimum absolute atomic E-state index is 0.141. The Bertz CT molecular complexity index is 4070. The molecule has 1 aliphatic heterocycles. The molecule has 0 bridgehead atoms. The van der Waals surface area contributed by atoms with Gasteiger partial charge in [0.1, 0.15) is 0 Å². The van der Waals surface area contributed by atoms with Gasteiger partial charge < -0.3 is 14.5 Å². The van der Waals surface area contributed by atoms with Crippen molar-refractivity contribution in [2.45, 2.75) is 6.04 Å². The summed E-state index contributed by atoms with van der Waals surface area (Å²) in [4.78, 5) is 5.43. The van der Waals surface area contributed by atoms with Gasteiger partial charge in [0.25, 0.3) is 0 Å². The van der Waals surface area contributed by atoms with Crippen LogP contribution in [0.3, 0.4) is 0 Å². The number of thiophene rings is 1. The topological polar surface area (TPSA) is 34.2 Å². The summed E-state index contributed by atoms with van der Waals surface area (Å²) >= 11 is 1.85. The number of nitrogens with zero attached hydrogens (tertiary/aromatic N) is 3. The highest BCUT2D eigenvalue weighted by Crippen LogP contribution is 2.46. The Morgan fingerprint density at radius 1 is 0.429 bits per heavy atom. The van der Waals surface area contributed by atoms with Crippen molar-refractivity contribution >= 4 is 114 Å². The number of para-hydroxylation sites is 4. The van der Waals surface area contributed by atoms with E-state index in [0.29, 0.717) is 0 Å². The molecule has 14 rings (SSSR count). The van der Waals surface area contributed by atoms with Crippen LogP contribution in [-0.4, -0.2) is 14.8 Å². The zero-order valence-electron chi connectivity index (χ0n) is 34.0. The highest BCUT2D eigenvalue weighted by atomic mass is 32.1. The van der Waals surface area contributed by atoms with E-state index < -0.39 is 0 Å². The van der Waals surface area contributed by atoms with E-state index in [9.17, 15) is 0 Å². The minimum atomic E-state index is -0.141. The lowest BCUT2D eigenvalue weighted by Crippen LogP contribution is -2.25. The zero-order chi connectivity index (χ0) is 41.2. The van der Waals surface area contributed by atoms with Gasteiger partial charge in [0.15, 0.2) is 0 Å². The first-order chi connectivity index (χ1) is 31.2. The van der Waals surface area contributed by atoms with Gasteiger partial charge in [-0.05, 0) is 94.0 Å². The fourth-order valence-electron chi connectivity index (χ4n) is 10.6. The van der Waals surface area contributed by atoms with Crippen LogP contribution < -0.4 is 5.32 Å². The summed E-state index contributed by atoms with van der Waals surface area (Å²) < 4.78 is 7.58. The Morgan fingerprint density at radius 2 is 1.06 bits per heavy atom. The number of benzene rings is 10. The fraction of sp³-hybridized carbons (Fsp3) is 0.0172. The van der Waals surface area contributed by atoms with Crippen LogP contribution >= 0.6 is 11.3 Å². The lowest BCUT2D eigenvalue weighted by atomic mass is 9.91. The molecule has 0 saturated heterocycles. The van der Waals surface area contributed by atoms with Crippen LogP contribution in [0.5, 0.6) is 0 Å². The average Bonchev–Trinajstić information content (AvgIpc) is 4.00. The zero-order valence-corrected chi connectivity index (χ0v) is 34.8. The third-order valence-electron chi connectivity index (χ3n) is 13.3. The first kappa shape index (κ1) is 34.7. The average molecular weight is 821 g/mol. The van der Waals surface area contributed by atoms with Crippen LogP contribution in [0.1, 0.15) is 17.2 Å². The van der Waals surface area contributed by atoms with Crippen molar-refractivity contribution in [3.8, 4) is 11.4 Å². The number of fused-ring (bicyclic) bond motifs is 12. The maximum Gasteiger partial charge on any atom is 0.0953 e. The molecular formula is C58H36N4S. The van der Waals surface area contributed by atoms with Crippen LogP contribution in [0.2, 0.25) is 0 Å². The molecule has 0 spiro atoms. The van der Waals surface area contributed by atoms with E-state index in [0.717, 1.165) is 28.3 Å². The van der Waals surface area contributed by atoms with Crippen LogP contribution in [0.4, 0.5) is 11.4 Å². The second kappa shape index (κ2) is 13.3. The Labute approximate surface area is 366 Å². The summed E-state index contributed by atoms with van der Waals surface area (Å²) in [5, 5.41) is 16.4. The van der Waals surface area contributed by atoms with E-state index in [-0.39, 0.29) is 6.04 Å². The van der Waals surface area contributed by atoms with Gasteiger partial charge in [-0.25, -0.2) is 4.99 Å². The SMILES string of the molecule is c1ccc2c(c1)N=C(c1ccc(-n3c4ccccc4c4c(-n5c6ccccc6c6cc7ccccc7cc65)c5ccccc5cc43)cc1)C(c1cccc3sc4ccccc4c13)N2. The molecule has 0 fully saturated rings. The Hall–Kier alpha value is -7.99. The van der Waals surface area contributed by atoms with E-state index in [4.69, 9.17) is 4.99 Å². The lowest BCUT2D eigenvalue weighted by Gasteiger charge is -2.28. The van der Waals surface area contributed by atoms with Crippen LogP contribution in [0.15, 0.2) is 211 Å². The number of aliphatic imine (C=N–C) groups is 1. The van der Waals surface area contributed by atoms with Crippen molar-refractivity contribution in [3.63, 3.8) is 0 Å². The number of anilines is 1. The van der Waals surface area contributed by atoms with Gasteiger partial charge in [0, 0.05) is 52.8 Å². The van der Waals surface area contributed by atoms with Crippen molar-refractivity contribution in [1.29, 1.82) is 0 Å². The molecule has 4 nitrogen and oxygen atoms in total. The summed E-state index contributed by atoms with van der Waals surface area (Å²) in [6.45, 7) is 0. The second-order valence-electron chi connectivity index (χ2n) is 16.7. The predicted octanol–water partition coefficient (Wildman–Crippen LogP) is 15.8. The van der Waals surface area contributed by atoms with Crippen molar-refractivity contribution in [2.24, 2.45) is 4.99 Å². The van der Waals surface area contributed by atoms with Crippen molar-refractivity contribution in [2.75, 3.05) is 5.32 Å². The highest BCUT2D eigenvalue weighted by Gasteiger charge is 2.29. The molecule has 1 aliphatic rings. The van der Waals surface area contributed by atoms with Gasteiger partial charge in [0.05, 0.1) is 50.9 Å². The monoisotopic (exact) mass is 820 g/mol. The molecule has 5 heteroatoms. The fourth-order valence-corrected chi connectivity index (χ4v) is 11.7. The number of aromatic nitrogens is 2. The van der Waals surface area contributed by atoms with Crippen molar-refractivity contribution < 1.29 is 0 Å². The third-order valence-corrected chi connectivity index (χ3v) is 14.4. The first-order valence-electron chi connectivity index (χ1n) is 21.6. The summed E-state index contributed by atoms with van der Waals surface area (Å²) in [7, 11) is 0. The van der Waals surface area contributed by atoms with E-state index in [1.165, 1.54) is 96.6 Å². The van der Waals surface area contributed by atoms with Gasteiger partial charge in [0.2, 0.25) is 0 Å². The molecule has 3 aromatic heterocycles. The molecule has 4 heterocycles. The highest BCUT2D eigenvalue weighted by molar-refractivity contribution is 7.25. The molecule has 13 aromatic rings. The third kappa shape index (κ3) is 5.05. The molecule has 1 N–H and O–H groups in total. The van der Waals surface area contributed by atoms with Gasteiger partial charge >= 0.3 is 0 Å². The summed E-state index contributed by atoms with van der Waals surface area (Å²) in [5.41, 5.74) is 12.4. The standard InChI is InChI=1S/C58H36N4S/c1-2-15-37-33-50-45(32-36(37)14-1)41-18-5-10-24-48(41)62(50)58-40-17-4-3-16-38(40)34-51-55(58)42-19-6-11-25-49(42)61(51)39-30-28-35(29-31-39)56-57(60-47-23-9-8-22-46(47)59-56)44-21-13-27-53-54(44)43-20-7-12-26-52(43)63-53/h1-34,57,60H. The number of rotatable bonds is 4. The Balaban J connectivity index is 0.999. The van der Waals surface area contributed by atoms with Crippen molar-refractivity contribution in [3.05, 3.63) is 217 Å². The first-order valence-corrected chi connectivity index (χ1v) is 22.4.